The smallest absolute Gasteiger partial charge is 0.221 e. The van der Waals surface area contributed by atoms with E-state index in [-0.39, 0.29) is 5.91 Å². The highest BCUT2D eigenvalue weighted by molar-refractivity contribution is 7.71. The molecule has 1 aromatic heterocycles. The van der Waals surface area contributed by atoms with E-state index in [1.807, 2.05) is 35.8 Å². The van der Waals surface area contributed by atoms with Crippen LogP contribution in [-0.4, -0.2) is 58.4 Å². The van der Waals surface area contributed by atoms with Crippen molar-refractivity contribution in [3.63, 3.8) is 0 Å². The van der Waals surface area contributed by atoms with Crippen molar-refractivity contribution in [2.24, 2.45) is 5.92 Å². The van der Waals surface area contributed by atoms with Crippen molar-refractivity contribution in [3.8, 4) is 17.1 Å². The molecule has 7 nitrogen and oxygen atoms in total. The summed E-state index contributed by atoms with van der Waals surface area (Å²) in [7, 11) is 0. The quantitative estimate of drug-likeness (QED) is 0.581. The average molecular weight is 418 g/mol. The minimum absolute atomic E-state index is 0.0408. The van der Waals surface area contributed by atoms with Crippen LogP contribution in [0.2, 0.25) is 0 Å². The van der Waals surface area contributed by atoms with Crippen LogP contribution in [0.4, 0.5) is 0 Å². The molecule has 158 valence electrons. The van der Waals surface area contributed by atoms with E-state index in [2.05, 4.69) is 27.3 Å². The van der Waals surface area contributed by atoms with Crippen LogP contribution in [0.15, 0.2) is 24.3 Å². The molecule has 0 bridgehead atoms. The number of hydrogen-bond acceptors (Lipinski definition) is 5. The Morgan fingerprint density at radius 2 is 2.03 bits per heavy atom. The summed E-state index contributed by atoms with van der Waals surface area (Å²) in [6.07, 6.45) is 2.95. The average Bonchev–Trinajstić information content (AvgIpc) is 3.35. The van der Waals surface area contributed by atoms with Crippen molar-refractivity contribution in [3.05, 3.63) is 29.0 Å². The van der Waals surface area contributed by atoms with E-state index in [4.69, 9.17) is 17.0 Å². The molecule has 1 unspecified atom stereocenters. The Balaban J connectivity index is 1.51. The first-order chi connectivity index (χ1) is 14.1. The van der Waals surface area contributed by atoms with Gasteiger partial charge in [0.05, 0.1) is 6.61 Å². The first kappa shape index (κ1) is 21.5. The second-order valence-electron chi connectivity index (χ2n) is 7.63. The standard InChI is InChI=1S/C21H31N5O2S/c1-3-28-18-8-6-17(7-9-18)20-23-24-21(29)26(20)13-10-19(27)22-14-16(2)15-25-11-4-5-12-25/h6-9,16H,3-5,10-15H2,1-2H3,(H,22,27)(H,24,29). The van der Waals surface area contributed by atoms with Gasteiger partial charge >= 0.3 is 0 Å². The summed E-state index contributed by atoms with van der Waals surface area (Å²) < 4.78 is 7.88. The lowest BCUT2D eigenvalue weighted by Gasteiger charge is -2.20. The van der Waals surface area contributed by atoms with Crippen molar-refractivity contribution < 1.29 is 9.53 Å². The molecule has 2 aromatic rings. The number of benzene rings is 1. The van der Waals surface area contributed by atoms with Gasteiger partial charge in [0, 0.05) is 31.6 Å². The van der Waals surface area contributed by atoms with E-state index in [0.717, 1.165) is 23.7 Å². The largest absolute Gasteiger partial charge is 0.494 e. The van der Waals surface area contributed by atoms with Crippen LogP contribution in [0, 0.1) is 10.7 Å². The zero-order chi connectivity index (χ0) is 20.6. The predicted molar refractivity (Wildman–Crippen MR) is 116 cm³/mol. The van der Waals surface area contributed by atoms with E-state index < -0.39 is 0 Å². The summed E-state index contributed by atoms with van der Waals surface area (Å²) in [5, 5.41) is 10.2. The summed E-state index contributed by atoms with van der Waals surface area (Å²) in [5.74, 6) is 2.04. The number of likely N-dealkylation sites (tertiary alicyclic amines) is 1. The van der Waals surface area contributed by atoms with Crippen molar-refractivity contribution in [1.82, 2.24) is 25.0 Å². The van der Waals surface area contributed by atoms with Crippen LogP contribution in [0.3, 0.4) is 0 Å². The molecule has 1 amide bonds. The molecule has 0 spiro atoms. The molecule has 1 saturated heterocycles. The molecule has 2 N–H and O–H groups in total. The molecule has 3 rings (SSSR count). The highest BCUT2D eigenvalue weighted by Gasteiger charge is 2.15. The fourth-order valence-corrected chi connectivity index (χ4v) is 3.90. The lowest BCUT2D eigenvalue weighted by molar-refractivity contribution is -0.121. The molecule has 8 heteroatoms. The van der Waals surface area contributed by atoms with Gasteiger partial charge in [-0.25, -0.2) is 0 Å². The van der Waals surface area contributed by atoms with Gasteiger partial charge < -0.3 is 15.0 Å². The van der Waals surface area contributed by atoms with Crippen LogP contribution in [-0.2, 0) is 11.3 Å². The topological polar surface area (TPSA) is 75.2 Å². The van der Waals surface area contributed by atoms with Gasteiger partial charge in [-0.3, -0.25) is 14.5 Å². The number of amides is 1. The molecular weight excluding hydrogens is 386 g/mol. The van der Waals surface area contributed by atoms with Crippen LogP contribution in [0.25, 0.3) is 11.4 Å². The summed E-state index contributed by atoms with van der Waals surface area (Å²) in [5.41, 5.74) is 0.931. The maximum atomic E-state index is 12.3. The first-order valence-corrected chi connectivity index (χ1v) is 10.8. The van der Waals surface area contributed by atoms with Gasteiger partial charge in [-0.2, -0.15) is 5.10 Å². The molecule has 1 aliphatic rings. The van der Waals surface area contributed by atoms with Crippen molar-refractivity contribution in [2.45, 2.75) is 39.7 Å². The number of nitrogens with zero attached hydrogens (tertiary/aromatic N) is 3. The molecular formula is C21H31N5O2S. The van der Waals surface area contributed by atoms with Gasteiger partial charge in [0.25, 0.3) is 0 Å². The Morgan fingerprint density at radius 3 is 2.72 bits per heavy atom. The number of ether oxygens (including phenoxy) is 1. The first-order valence-electron chi connectivity index (χ1n) is 10.4. The third-order valence-electron chi connectivity index (χ3n) is 5.16. The number of aromatic amines is 1. The predicted octanol–water partition coefficient (Wildman–Crippen LogP) is 3.24. The Morgan fingerprint density at radius 1 is 1.31 bits per heavy atom. The lowest BCUT2D eigenvalue weighted by atomic mass is 10.1. The van der Waals surface area contributed by atoms with Gasteiger partial charge in [-0.15, -0.1) is 0 Å². The number of H-pyrrole nitrogens is 1. The molecule has 29 heavy (non-hydrogen) atoms. The third kappa shape index (κ3) is 6.14. The molecule has 1 aromatic carbocycles. The van der Waals surface area contributed by atoms with Crippen LogP contribution in [0.1, 0.15) is 33.1 Å². The Bertz CT molecular complexity index is 840. The van der Waals surface area contributed by atoms with Gasteiger partial charge in [-0.1, -0.05) is 6.92 Å². The van der Waals surface area contributed by atoms with E-state index >= 15 is 0 Å². The van der Waals surface area contributed by atoms with Crippen LogP contribution >= 0.6 is 12.2 Å². The van der Waals surface area contributed by atoms with Gasteiger partial charge in [0.2, 0.25) is 5.91 Å². The number of carbonyl (C=O) groups excluding carboxylic acids is 1. The van der Waals surface area contributed by atoms with Crippen LogP contribution in [0.5, 0.6) is 5.75 Å². The summed E-state index contributed by atoms with van der Waals surface area (Å²) in [4.78, 5) is 14.8. The number of rotatable bonds is 10. The second-order valence-corrected chi connectivity index (χ2v) is 8.02. The summed E-state index contributed by atoms with van der Waals surface area (Å²) in [6, 6.07) is 7.73. The highest BCUT2D eigenvalue weighted by atomic mass is 32.1. The minimum atomic E-state index is 0.0408. The maximum Gasteiger partial charge on any atom is 0.221 e. The summed E-state index contributed by atoms with van der Waals surface area (Å²) in [6.45, 7) is 9.39. The number of hydrogen-bond donors (Lipinski definition) is 2. The molecule has 2 heterocycles. The Kier molecular flexibility index (Phi) is 7.83. The van der Waals surface area contributed by atoms with Crippen molar-refractivity contribution in [2.75, 3.05) is 32.8 Å². The summed E-state index contributed by atoms with van der Waals surface area (Å²) >= 11 is 5.36. The van der Waals surface area contributed by atoms with Gasteiger partial charge in [0.15, 0.2) is 10.6 Å². The zero-order valence-electron chi connectivity index (χ0n) is 17.3. The fraction of sp³-hybridized carbons (Fsp3) is 0.571. The molecule has 1 aliphatic heterocycles. The monoisotopic (exact) mass is 417 g/mol. The molecule has 1 fully saturated rings. The molecule has 0 aliphatic carbocycles. The fourth-order valence-electron chi connectivity index (χ4n) is 3.67. The third-order valence-corrected chi connectivity index (χ3v) is 5.47. The van der Waals surface area contributed by atoms with E-state index in [1.54, 1.807) is 0 Å². The number of carbonyl (C=O) groups is 1. The normalized spacial score (nSPS) is 15.4. The molecule has 0 radical (unpaired) electrons. The van der Waals surface area contributed by atoms with Crippen molar-refractivity contribution >= 4 is 18.1 Å². The van der Waals surface area contributed by atoms with E-state index in [0.29, 0.717) is 36.8 Å². The Labute approximate surface area is 177 Å². The van der Waals surface area contributed by atoms with E-state index in [1.165, 1.54) is 25.9 Å². The van der Waals surface area contributed by atoms with Crippen molar-refractivity contribution in [1.29, 1.82) is 0 Å². The number of aromatic nitrogens is 3. The zero-order valence-corrected chi connectivity index (χ0v) is 18.1. The minimum Gasteiger partial charge on any atom is -0.494 e. The van der Waals surface area contributed by atoms with Gasteiger partial charge in [-0.05, 0) is 75.3 Å². The maximum absolute atomic E-state index is 12.3. The molecule has 1 atom stereocenters. The van der Waals surface area contributed by atoms with Gasteiger partial charge in [0.1, 0.15) is 5.75 Å². The lowest BCUT2D eigenvalue weighted by Crippen LogP contribution is -2.34. The highest BCUT2D eigenvalue weighted by Crippen LogP contribution is 2.21. The number of nitrogens with one attached hydrogen (secondary N) is 2. The SMILES string of the molecule is CCOc1ccc(-c2n[nH]c(=S)n2CCC(=O)NCC(C)CN2CCCC2)cc1. The molecule has 0 saturated carbocycles. The van der Waals surface area contributed by atoms with E-state index in [9.17, 15) is 4.79 Å². The second kappa shape index (κ2) is 10.5. The van der Waals surface area contributed by atoms with Crippen LogP contribution < -0.4 is 10.1 Å². The Hall–Kier alpha value is -2.19.